The number of hydrogen-bond acceptors (Lipinski definition) is 3. The Morgan fingerprint density at radius 1 is 1.05 bits per heavy atom. The summed E-state index contributed by atoms with van der Waals surface area (Å²) in [6.07, 6.45) is 14.1. The summed E-state index contributed by atoms with van der Waals surface area (Å²) in [6.45, 7) is 0. The minimum absolute atomic E-state index is 0.569. The normalized spacial score (nSPS) is 38.5. The topological polar surface area (TPSA) is 41.3 Å². The third kappa shape index (κ3) is 2.98. The second-order valence-corrected chi connectivity index (χ2v) is 7.29. The highest BCUT2D eigenvalue weighted by atomic mass is 15.2. The Hall–Kier alpha value is -0.120. The molecule has 3 heteroatoms. The molecule has 0 aromatic heterocycles. The smallest absolute Gasteiger partial charge is 0.0242 e. The van der Waals surface area contributed by atoms with Gasteiger partial charge in [0.25, 0.3) is 0 Å². The van der Waals surface area contributed by atoms with Crippen LogP contribution in [0.1, 0.15) is 64.2 Å². The number of nitrogens with zero attached hydrogens (tertiary/aromatic N) is 1. The second-order valence-electron chi connectivity index (χ2n) is 7.29. The molecule has 0 spiro atoms. The highest BCUT2D eigenvalue weighted by Crippen LogP contribution is 2.40. The second kappa shape index (κ2) is 6.11. The molecule has 3 atom stereocenters. The molecule has 2 heterocycles. The predicted molar refractivity (Wildman–Crippen MR) is 79.6 cm³/mol. The standard InChI is InChI=1S/C16H31N3/c1-19-14-7-8-15(19)11-13(10-14)16(18-17)9-12-5-3-2-4-6-12/h12-16,18H,2-11,17H2,1H3. The van der Waals surface area contributed by atoms with Gasteiger partial charge in [-0.3, -0.25) is 11.3 Å². The molecule has 3 aliphatic rings. The van der Waals surface area contributed by atoms with E-state index in [1.165, 1.54) is 64.2 Å². The molecule has 0 aromatic rings. The van der Waals surface area contributed by atoms with Gasteiger partial charge in [-0.2, -0.15) is 0 Å². The van der Waals surface area contributed by atoms with Crippen LogP contribution < -0.4 is 11.3 Å². The van der Waals surface area contributed by atoms with Crippen LogP contribution >= 0.6 is 0 Å². The molecule has 3 N–H and O–H groups in total. The van der Waals surface area contributed by atoms with Crippen molar-refractivity contribution in [1.82, 2.24) is 10.3 Å². The zero-order valence-corrected chi connectivity index (χ0v) is 12.5. The molecule has 2 aliphatic heterocycles. The monoisotopic (exact) mass is 265 g/mol. The number of fused-ring (bicyclic) bond motifs is 2. The van der Waals surface area contributed by atoms with Crippen LogP contribution in [0.3, 0.4) is 0 Å². The molecule has 2 bridgehead atoms. The summed E-state index contributed by atoms with van der Waals surface area (Å²) in [6, 6.07) is 2.25. The van der Waals surface area contributed by atoms with E-state index in [-0.39, 0.29) is 0 Å². The minimum Gasteiger partial charge on any atom is -0.300 e. The Bertz CT molecular complexity index is 274. The number of hydrogen-bond donors (Lipinski definition) is 2. The third-order valence-corrected chi connectivity index (χ3v) is 6.23. The zero-order valence-electron chi connectivity index (χ0n) is 12.5. The van der Waals surface area contributed by atoms with Crippen molar-refractivity contribution in [3.8, 4) is 0 Å². The first-order chi connectivity index (χ1) is 9.28. The number of nitrogens with two attached hydrogens (primary N) is 1. The minimum atomic E-state index is 0.569. The SMILES string of the molecule is CN1C2CCC1CC(C(CC1CCCCC1)NN)C2. The zero-order chi connectivity index (χ0) is 13.2. The van der Waals surface area contributed by atoms with Gasteiger partial charge in [-0.05, 0) is 51.0 Å². The lowest BCUT2D eigenvalue weighted by atomic mass is 9.78. The van der Waals surface area contributed by atoms with E-state index >= 15 is 0 Å². The van der Waals surface area contributed by atoms with Crippen LogP contribution in [0.15, 0.2) is 0 Å². The Kier molecular flexibility index (Phi) is 4.45. The molecule has 19 heavy (non-hydrogen) atoms. The number of rotatable bonds is 4. The first-order valence-electron chi connectivity index (χ1n) is 8.46. The van der Waals surface area contributed by atoms with E-state index < -0.39 is 0 Å². The van der Waals surface area contributed by atoms with Crippen LogP contribution in [0, 0.1) is 11.8 Å². The van der Waals surface area contributed by atoms with E-state index in [1.807, 2.05) is 0 Å². The molecule has 2 saturated heterocycles. The van der Waals surface area contributed by atoms with E-state index in [1.54, 1.807) is 0 Å². The molecule has 3 rings (SSSR count). The highest BCUT2D eigenvalue weighted by molar-refractivity contribution is 4.96. The first kappa shape index (κ1) is 13.8. The lowest BCUT2D eigenvalue weighted by molar-refractivity contribution is 0.102. The first-order valence-corrected chi connectivity index (χ1v) is 8.46. The van der Waals surface area contributed by atoms with Crippen LogP contribution in [0.5, 0.6) is 0 Å². The lowest BCUT2D eigenvalue weighted by Gasteiger charge is -2.40. The summed E-state index contributed by atoms with van der Waals surface area (Å²) in [5.41, 5.74) is 3.18. The molecule has 1 aliphatic carbocycles. The molecular weight excluding hydrogens is 234 g/mol. The van der Waals surface area contributed by atoms with Crippen LogP contribution in [0.4, 0.5) is 0 Å². The van der Waals surface area contributed by atoms with Gasteiger partial charge >= 0.3 is 0 Å². The lowest BCUT2D eigenvalue weighted by Crippen LogP contribution is -2.49. The molecule has 0 amide bonds. The molecule has 0 radical (unpaired) electrons. The van der Waals surface area contributed by atoms with E-state index in [2.05, 4.69) is 17.4 Å². The van der Waals surface area contributed by atoms with Crippen molar-refractivity contribution in [2.24, 2.45) is 17.7 Å². The van der Waals surface area contributed by atoms with Crippen LogP contribution in [0.2, 0.25) is 0 Å². The fourth-order valence-corrected chi connectivity index (χ4v) is 4.96. The van der Waals surface area contributed by atoms with Crippen molar-refractivity contribution in [3.05, 3.63) is 0 Å². The van der Waals surface area contributed by atoms with Gasteiger partial charge in [0.15, 0.2) is 0 Å². The van der Waals surface area contributed by atoms with Gasteiger partial charge in [0.05, 0.1) is 0 Å². The van der Waals surface area contributed by atoms with Crippen molar-refractivity contribution in [3.63, 3.8) is 0 Å². The van der Waals surface area contributed by atoms with Crippen molar-refractivity contribution < 1.29 is 0 Å². The molecule has 0 aromatic carbocycles. The summed E-state index contributed by atoms with van der Waals surface area (Å²) in [4.78, 5) is 2.63. The summed E-state index contributed by atoms with van der Waals surface area (Å²) >= 11 is 0. The van der Waals surface area contributed by atoms with Gasteiger partial charge in [-0.15, -0.1) is 0 Å². The van der Waals surface area contributed by atoms with Crippen LogP contribution in [-0.2, 0) is 0 Å². The Morgan fingerprint density at radius 2 is 1.68 bits per heavy atom. The van der Waals surface area contributed by atoms with Gasteiger partial charge < -0.3 is 4.90 Å². The fourth-order valence-electron chi connectivity index (χ4n) is 4.96. The highest BCUT2D eigenvalue weighted by Gasteiger charge is 2.41. The third-order valence-electron chi connectivity index (χ3n) is 6.23. The van der Waals surface area contributed by atoms with Crippen molar-refractivity contribution in [1.29, 1.82) is 0 Å². The van der Waals surface area contributed by atoms with E-state index in [0.29, 0.717) is 6.04 Å². The summed E-state index contributed by atoms with van der Waals surface area (Å²) in [5, 5.41) is 0. The number of hydrazine groups is 1. The van der Waals surface area contributed by atoms with Gasteiger partial charge in [0.1, 0.15) is 0 Å². The van der Waals surface area contributed by atoms with Gasteiger partial charge in [0, 0.05) is 18.1 Å². The van der Waals surface area contributed by atoms with Crippen molar-refractivity contribution >= 4 is 0 Å². The maximum Gasteiger partial charge on any atom is 0.0242 e. The summed E-state index contributed by atoms with van der Waals surface area (Å²) < 4.78 is 0. The largest absolute Gasteiger partial charge is 0.300 e. The van der Waals surface area contributed by atoms with Crippen molar-refractivity contribution in [2.45, 2.75) is 82.3 Å². The Balaban J connectivity index is 1.56. The van der Waals surface area contributed by atoms with E-state index in [0.717, 1.165) is 23.9 Å². The maximum absolute atomic E-state index is 5.90. The summed E-state index contributed by atoms with van der Waals surface area (Å²) in [5.74, 6) is 7.66. The van der Waals surface area contributed by atoms with Gasteiger partial charge in [-0.1, -0.05) is 32.1 Å². The van der Waals surface area contributed by atoms with E-state index in [9.17, 15) is 0 Å². The fraction of sp³-hybridized carbons (Fsp3) is 1.00. The quantitative estimate of drug-likeness (QED) is 0.606. The molecule has 3 unspecified atom stereocenters. The summed E-state index contributed by atoms with van der Waals surface area (Å²) in [7, 11) is 2.32. The van der Waals surface area contributed by atoms with E-state index in [4.69, 9.17) is 5.84 Å². The van der Waals surface area contributed by atoms with Gasteiger partial charge in [-0.25, -0.2) is 0 Å². The Morgan fingerprint density at radius 3 is 2.26 bits per heavy atom. The predicted octanol–water partition coefficient (Wildman–Crippen LogP) is 2.66. The van der Waals surface area contributed by atoms with Crippen molar-refractivity contribution in [2.75, 3.05) is 7.05 Å². The molecule has 3 nitrogen and oxygen atoms in total. The van der Waals surface area contributed by atoms with Crippen LogP contribution in [0.25, 0.3) is 0 Å². The molecule has 110 valence electrons. The van der Waals surface area contributed by atoms with Gasteiger partial charge in [0.2, 0.25) is 0 Å². The average molecular weight is 265 g/mol. The maximum atomic E-state index is 5.90. The van der Waals surface area contributed by atoms with Crippen LogP contribution in [-0.4, -0.2) is 30.1 Å². The number of nitrogens with one attached hydrogen (secondary N) is 1. The Labute approximate surface area is 118 Å². The molecule has 1 saturated carbocycles. The molecule has 3 fully saturated rings. The average Bonchev–Trinajstić information content (AvgIpc) is 2.68. The molecular formula is C16H31N3. The number of piperidine rings is 1.